The van der Waals surface area contributed by atoms with Gasteiger partial charge in [-0.25, -0.2) is 0 Å². The van der Waals surface area contributed by atoms with Crippen LogP contribution in [0.4, 0.5) is 0 Å². The number of hydrogen-bond acceptors (Lipinski definition) is 3. The third-order valence-electron chi connectivity index (χ3n) is 3.80. The minimum absolute atomic E-state index is 0. The Morgan fingerprint density at radius 3 is 2.24 bits per heavy atom. The maximum Gasteiger partial charge on any atom is 0.236 e. The van der Waals surface area contributed by atoms with Gasteiger partial charge in [0.25, 0.3) is 0 Å². The maximum absolute atomic E-state index is 11.9. The SMILES string of the molecule is CN(CC(=O)N(C)C1CC1)C1CCNCC1.Cl. The second-order valence-corrected chi connectivity index (χ2v) is 5.13. The molecule has 4 nitrogen and oxygen atoms in total. The molecule has 1 aliphatic heterocycles. The summed E-state index contributed by atoms with van der Waals surface area (Å²) < 4.78 is 0. The van der Waals surface area contributed by atoms with Crippen LogP contribution in [-0.4, -0.2) is 61.5 Å². The second kappa shape index (κ2) is 6.57. The summed E-state index contributed by atoms with van der Waals surface area (Å²) in [6.45, 7) is 2.75. The summed E-state index contributed by atoms with van der Waals surface area (Å²) in [5.74, 6) is 0.281. The molecule has 0 spiro atoms. The van der Waals surface area contributed by atoms with Crippen molar-refractivity contribution >= 4 is 18.3 Å². The molecule has 0 unspecified atom stereocenters. The number of carbonyl (C=O) groups excluding carboxylic acids is 1. The van der Waals surface area contributed by atoms with Crippen molar-refractivity contribution in [1.29, 1.82) is 0 Å². The van der Waals surface area contributed by atoms with E-state index in [0.29, 0.717) is 18.6 Å². The van der Waals surface area contributed by atoms with E-state index in [-0.39, 0.29) is 18.3 Å². The molecule has 100 valence electrons. The van der Waals surface area contributed by atoms with Crippen LogP contribution < -0.4 is 5.32 Å². The van der Waals surface area contributed by atoms with Gasteiger partial charge in [0, 0.05) is 19.1 Å². The van der Waals surface area contributed by atoms with E-state index in [4.69, 9.17) is 0 Å². The fourth-order valence-electron chi connectivity index (χ4n) is 2.37. The zero-order chi connectivity index (χ0) is 11.5. The monoisotopic (exact) mass is 261 g/mol. The van der Waals surface area contributed by atoms with Gasteiger partial charge in [-0.3, -0.25) is 9.69 Å². The largest absolute Gasteiger partial charge is 0.342 e. The predicted octanol–water partition coefficient (Wildman–Crippen LogP) is 0.713. The molecule has 0 atom stereocenters. The van der Waals surface area contributed by atoms with E-state index in [1.165, 1.54) is 12.8 Å². The van der Waals surface area contributed by atoms with Crippen LogP contribution in [0.15, 0.2) is 0 Å². The van der Waals surface area contributed by atoms with E-state index in [1.54, 1.807) is 0 Å². The van der Waals surface area contributed by atoms with Gasteiger partial charge >= 0.3 is 0 Å². The first-order chi connectivity index (χ1) is 7.68. The number of carbonyl (C=O) groups is 1. The summed E-state index contributed by atoms with van der Waals surface area (Å²) in [4.78, 5) is 16.1. The van der Waals surface area contributed by atoms with Gasteiger partial charge in [-0.05, 0) is 45.8 Å². The van der Waals surface area contributed by atoms with Gasteiger partial charge in [0.15, 0.2) is 0 Å². The van der Waals surface area contributed by atoms with E-state index in [2.05, 4.69) is 17.3 Å². The molecule has 1 aliphatic carbocycles. The molecule has 2 aliphatic rings. The minimum atomic E-state index is 0. The number of hydrogen-bond donors (Lipinski definition) is 1. The van der Waals surface area contributed by atoms with E-state index in [9.17, 15) is 4.79 Å². The second-order valence-electron chi connectivity index (χ2n) is 5.13. The Kier molecular flexibility index (Phi) is 5.70. The van der Waals surface area contributed by atoms with Crippen molar-refractivity contribution in [2.45, 2.75) is 37.8 Å². The lowest BCUT2D eigenvalue weighted by atomic mass is 10.1. The third kappa shape index (κ3) is 4.12. The molecule has 5 heteroatoms. The van der Waals surface area contributed by atoms with Crippen molar-refractivity contribution in [3.63, 3.8) is 0 Å². The highest BCUT2D eigenvalue weighted by atomic mass is 35.5. The molecule has 17 heavy (non-hydrogen) atoms. The van der Waals surface area contributed by atoms with Gasteiger partial charge in [-0.1, -0.05) is 0 Å². The van der Waals surface area contributed by atoms with Crippen molar-refractivity contribution in [3.05, 3.63) is 0 Å². The maximum atomic E-state index is 11.9. The molecular formula is C12H24ClN3O. The summed E-state index contributed by atoms with van der Waals surface area (Å²) in [7, 11) is 4.02. The number of likely N-dealkylation sites (N-methyl/N-ethyl adjacent to an activating group) is 2. The van der Waals surface area contributed by atoms with Gasteiger partial charge in [-0.2, -0.15) is 0 Å². The number of nitrogens with one attached hydrogen (secondary N) is 1. The summed E-state index contributed by atoms with van der Waals surface area (Å²) >= 11 is 0. The molecule has 1 saturated carbocycles. The quantitative estimate of drug-likeness (QED) is 0.810. The first kappa shape index (κ1) is 14.7. The first-order valence-electron chi connectivity index (χ1n) is 6.35. The van der Waals surface area contributed by atoms with Crippen LogP contribution in [0.2, 0.25) is 0 Å². The highest BCUT2D eigenvalue weighted by Gasteiger charge is 2.30. The summed E-state index contributed by atoms with van der Waals surface area (Å²) in [6, 6.07) is 1.12. The fourth-order valence-corrected chi connectivity index (χ4v) is 2.37. The van der Waals surface area contributed by atoms with E-state index in [0.717, 1.165) is 25.9 Å². The van der Waals surface area contributed by atoms with Crippen molar-refractivity contribution < 1.29 is 4.79 Å². The number of piperidine rings is 1. The van der Waals surface area contributed by atoms with Crippen LogP contribution in [0, 0.1) is 0 Å². The van der Waals surface area contributed by atoms with Gasteiger partial charge in [0.2, 0.25) is 5.91 Å². The van der Waals surface area contributed by atoms with Gasteiger partial charge < -0.3 is 10.2 Å². The Balaban J connectivity index is 0.00000144. The molecule has 0 aromatic rings. The number of rotatable bonds is 4. The predicted molar refractivity (Wildman–Crippen MR) is 71.6 cm³/mol. The van der Waals surface area contributed by atoms with Crippen LogP contribution >= 0.6 is 12.4 Å². The molecule has 0 bridgehead atoms. The van der Waals surface area contributed by atoms with Crippen LogP contribution in [0.1, 0.15) is 25.7 Å². The molecule has 1 N–H and O–H groups in total. The van der Waals surface area contributed by atoms with Crippen LogP contribution in [0.5, 0.6) is 0 Å². The topological polar surface area (TPSA) is 35.6 Å². The van der Waals surface area contributed by atoms with E-state index in [1.807, 2.05) is 11.9 Å². The van der Waals surface area contributed by atoms with Crippen molar-refractivity contribution in [2.75, 3.05) is 33.7 Å². The smallest absolute Gasteiger partial charge is 0.236 e. The molecule has 1 heterocycles. The average molecular weight is 262 g/mol. The Bertz CT molecular complexity index is 252. The van der Waals surface area contributed by atoms with E-state index < -0.39 is 0 Å². The molecular weight excluding hydrogens is 238 g/mol. The summed E-state index contributed by atoms with van der Waals surface area (Å²) in [5.41, 5.74) is 0. The van der Waals surface area contributed by atoms with Crippen molar-refractivity contribution in [3.8, 4) is 0 Å². The molecule has 2 fully saturated rings. The summed E-state index contributed by atoms with van der Waals surface area (Å²) in [6.07, 6.45) is 4.71. The van der Waals surface area contributed by atoms with Crippen LogP contribution in [0.25, 0.3) is 0 Å². The van der Waals surface area contributed by atoms with Crippen molar-refractivity contribution in [2.24, 2.45) is 0 Å². The normalized spacial score (nSPS) is 21.1. The lowest BCUT2D eigenvalue weighted by Gasteiger charge is -2.32. The summed E-state index contributed by atoms with van der Waals surface area (Å²) in [5, 5.41) is 3.35. The van der Waals surface area contributed by atoms with Crippen molar-refractivity contribution in [1.82, 2.24) is 15.1 Å². The Labute approximate surface area is 110 Å². The Morgan fingerprint density at radius 2 is 1.71 bits per heavy atom. The third-order valence-corrected chi connectivity index (χ3v) is 3.80. The molecule has 2 rings (SSSR count). The zero-order valence-corrected chi connectivity index (χ0v) is 11.6. The molecule has 1 amide bonds. The van der Waals surface area contributed by atoms with Crippen LogP contribution in [-0.2, 0) is 4.79 Å². The fraction of sp³-hybridized carbons (Fsp3) is 0.917. The lowest BCUT2D eigenvalue weighted by Crippen LogP contribution is -2.46. The van der Waals surface area contributed by atoms with Gasteiger partial charge in [0.1, 0.15) is 0 Å². The van der Waals surface area contributed by atoms with Crippen LogP contribution in [0.3, 0.4) is 0 Å². The molecule has 1 saturated heterocycles. The number of nitrogens with zero attached hydrogens (tertiary/aromatic N) is 2. The average Bonchev–Trinajstić information content (AvgIpc) is 3.13. The standard InChI is InChI=1S/C12H23N3O.ClH/c1-14(10-5-7-13-8-6-10)9-12(16)15(2)11-3-4-11;/h10-11,13H,3-9H2,1-2H3;1H. The zero-order valence-electron chi connectivity index (χ0n) is 10.8. The minimum Gasteiger partial charge on any atom is -0.342 e. The highest BCUT2D eigenvalue weighted by Crippen LogP contribution is 2.25. The van der Waals surface area contributed by atoms with E-state index >= 15 is 0 Å². The number of halogens is 1. The number of amides is 1. The Morgan fingerprint density at radius 1 is 1.12 bits per heavy atom. The lowest BCUT2D eigenvalue weighted by molar-refractivity contribution is -0.131. The van der Waals surface area contributed by atoms with Gasteiger partial charge in [-0.15, -0.1) is 12.4 Å². The first-order valence-corrected chi connectivity index (χ1v) is 6.35. The Hall–Kier alpha value is -0.320. The highest BCUT2D eigenvalue weighted by molar-refractivity contribution is 5.85. The molecule has 0 aromatic carbocycles. The van der Waals surface area contributed by atoms with Gasteiger partial charge in [0.05, 0.1) is 6.54 Å². The molecule has 0 aromatic heterocycles. The molecule has 0 radical (unpaired) electrons.